The molecular formula is C16H20ClN3O3. The summed E-state index contributed by atoms with van der Waals surface area (Å²) < 4.78 is 16.6. The highest BCUT2D eigenvalue weighted by atomic mass is 35.5. The number of hydrogen-bond donors (Lipinski definition) is 0. The van der Waals surface area contributed by atoms with Crippen LogP contribution in [0.2, 0.25) is 5.15 Å². The summed E-state index contributed by atoms with van der Waals surface area (Å²) in [4.78, 5) is 10.6. The van der Waals surface area contributed by atoms with Gasteiger partial charge < -0.3 is 14.2 Å². The van der Waals surface area contributed by atoms with Gasteiger partial charge in [-0.25, -0.2) is 9.97 Å². The molecular weight excluding hydrogens is 318 g/mol. The average Bonchev–Trinajstić information content (AvgIpc) is 2.59. The standard InChI is InChI=1S/C16H20ClN3O3/c1-21-14-10-12(9-13-15(14)16(17)19-11-18-13)23-6-2-3-20-4-7-22-8-5-20/h9-11H,2-8H2,1H3. The molecule has 3 rings (SSSR count). The van der Waals surface area contributed by atoms with E-state index in [4.69, 9.17) is 25.8 Å². The molecule has 0 bridgehead atoms. The van der Waals surface area contributed by atoms with Crippen molar-refractivity contribution in [2.45, 2.75) is 6.42 Å². The summed E-state index contributed by atoms with van der Waals surface area (Å²) in [5.41, 5.74) is 0.715. The molecule has 0 aliphatic carbocycles. The number of halogens is 1. The lowest BCUT2D eigenvalue weighted by atomic mass is 10.2. The first-order chi connectivity index (χ1) is 11.3. The van der Waals surface area contributed by atoms with Gasteiger partial charge in [-0.05, 0) is 6.42 Å². The average molecular weight is 338 g/mol. The summed E-state index contributed by atoms with van der Waals surface area (Å²) in [5.74, 6) is 1.35. The predicted molar refractivity (Wildman–Crippen MR) is 88.5 cm³/mol. The van der Waals surface area contributed by atoms with Crippen LogP contribution in [0.5, 0.6) is 11.5 Å². The second kappa shape index (κ2) is 7.77. The predicted octanol–water partition coefficient (Wildman–Crippen LogP) is 2.39. The van der Waals surface area contributed by atoms with Gasteiger partial charge in [-0.15, -0.1) is 0 Å². The van der Waals surface area contributed by atoms with Gasteiger partial charge in [-0.2, -0.15) is 0 Å². The highest BCUT2D eigenvalue weighted by molar-refractivity contribution is 6.34. The lowest BCUT2D eigenvalue weighted by molar-refractivity contribution is 0.0358. The summed E-state index contributed by atoms with van der Waals surface area (Å²) >= 11 is 6.12. The monoisotopic (exact) mass is 337 g/mol. The van der Waals surface area contributed by atoms with Gasteiger partial charge in [-0.3, -0.25) is 4.90 Å². The highest BCUT2D eigenvalue weighted by Gasteiger charge is 2.12. The van der Waals surface area contributed by atoms with Gasteiger partial charge >= 0.3 is 0 Å². The quantitative estimate of drug-likeness (QED) is 0.596. The van der Waals surface area contributed by atoms with Crippen LogP contribution in [0.3, 0.4) is 0 Å². The molecule has 2 aromatic rings. The molecule has 0 amide bonds. The third-order valence-corrected chi connectivity index (χ3v) is 4.13. The highest BCUT2D eigenvalue weighted by Crippen LogP contribution is 2.33. The Hall–Kier alpha value is -1.63. The Morgan fingerprint density at radius 2 is 2.09 bits per heavy atom. The Morgan fingerprint density at radius 1 is 1.26 bits per heavy atom. The topological polar surface area (TPSA) is 56.7 Å². The Kier molecular flexibility index (Phi) is 5.48. The summed E-state index contributed by atoms with van der Waals surface area (Å²) in [6.07, 6.45) is 2.40. The molecule has 0 atom stereocenters. The molecule has 6 nitrogen and oxygen atoms in total. The minimum absolute atomic E-state index is 0.380. The molecule has 1 aliphatic rings. The van der Waals surface area contributed by atoms with E-state index in [1.807, 2.05) is 12.1 Å². The van der Waals surface area contributed by atoms with Crippen molar-refractivity contribution < 1.29 is 14.2 Å². The SMILES string of the molecule is COc1cc(OCCCN2CCOCC2)cc2ncnc(Cl)c12. The summed E-state index contributed by atoms with van der Waals surface area (Å²) in [6, 6.07) is 3.69. The molecule has 23 heavy (non-hydrogen) atoms. The molecule has 0 unspecified atom stereocenters. The molecule has 0 radical (unpaired) electrons. The molecule has 0 N–H and O–H groups in total. The van der Waals surface area contributed by atoms with Gasteiger partial charge in [0, 0.05) is 31.8 Å². The van der Waals surface area contributed by atoms with Gasteiger partial charge in [0.15, 0.2) is 0 Å². The number of methoxy groups -OCH3 is 1. The molecule has 1 aromatic heterocycles. The van der Waals surface area contributed by atoms with E-state index in [0.29, 0.717) is 28.4 Å². The van der Waals surface area contributed by atoms with Crippen LogP contribution in [0.15, 0.2) is 18.5 Å². The first-order valence-corrected chi connectivity index (χ1v) is 8.07. The van der Waals surface area contributed by atoms with E-state index in [-0.39, 0.29) is 0 Å². The molecule has 1 aliphatic heterocycles. The largest absolute Gasteiger partial charge is 0.496 e. The van der Waals surface area contributed by atoms with E-state index < -0.39 is 0 Å². The van der Waals surface area contributed by atoms with Crippen molar-refractivity contribution in [3.05, 3.63) is 23.6 Å². The van der Waals surface area contributed by atoms with Crippen molar-refractivity contribution in [3.8, 4) is 11.5 Å². The van der Waals surface area contributed by atoms with Gasteiger partial charge in [-0.1, -0.05) is 11.6 Å². The fourth-order valence-corrected chi connectivity index (χ4v) is 2.87. The molecule has 7 heteroatoms. The van der Waals surface area contributed by atoms with E-state index in [2.05, 4.69) is 14.9 Å². The third kappa shape index (κ3) is 4.02. The van der Waals surface area contributed by atoms with Gasteiger partial charge in [0.05, 0.1) is 37.8 Å². The number of ether oxygens (including phenoxy) is 3. The van der Waals surface area contributed by atoms with E-state index in [0.717, 1.165) is 45.0 Å². The van der Waals surface area contributed by atoms with Crippen LogP contribution < -0.4 is 9.47 Å². The van der Waals surface area contributed by atoms with Crippen molar-refractivity contribution in [2.24, 2.45) is 0 Å². The zero-order valence-corrected chi connectivity index (χ0v) is 13.9. The summed E-state index contributed by atoms with van der Waals surface area (Å²) in [6.45, 7) is 5.30. The number of nitrogens with zero attached hydrogens (tertiary/aromatic N) is 3. The van der Waals surface area contributed by atoms with Crippen LogP contribution in [-0.2, 0) is 4.74 Å². The fourth-order valence-electron chi connectivity index (χ4n) is 2.64. The molecule has 2 heterocycles. The Labute approximate surface area is 140 Å². The number of morpholine rings is 1. The second-order valence-corrected chi connectivity index (χ2v) is 5.70. The fraction of sp³-hybridized carbons (Fsp3) is 0.500. The van der Waals surface area contributed by atoms with Crippen molar-refractivity contribution in [3.63, 3.8) is 0 Å². The van der Waals surface area contributed by atoms with Crippen LogP contribution in [0.1, 0.15) is 6.42 Å². The third-order valence-electron chi connectivity index (χ3n) is 3.84. The van der Waals surface area contributed by atoms with Crippen molar-refractivity contribution >= 4 is 22.5 Å². The Bertz CT molecular complexity index is 662. The minimum atomic E-state index is 0.380. The lowest BCUT2D eigenvalue weighted by Crippen LogP contribution is -2.37. The van der Waals surface area contributed by atoms with Crippen LogP contribution >= 0.6 is 11.6 Å². The van der Waals surface area contributed by atoms with E-state index in [1.54, 1.807) is 7.11 Å². The number of rotatable bonds is 6. The Balaban J connectivity index is 1.61. The summed E-state index contributed by atoms with van der Waals surface area (Å²) in [5, 5.41) is 1.09. The second-order valence-electron chi connectivity index (χ2n) is 5.34. The van der Waals surface area contributed by atoms with Crippen LogP contribution in [0.25, 0.3) is 10.9 Å². The number of aromatic nitrogens is 2. The first-order valence-electron chi connectivity index (χ1n) is 7.69. The van der Waals surface area contributed by atoms with E-state index in [9.17, 15) is 0 Å². The Morgan fingerprint density at radius 3 is 2.87 bits per heavy atom. The van der Waals surface area contributed by atoms with Gasteiger partial charge in [0.1, 0.15) is 23.0 Å². The molecule has 1 aromatic carbocycles. The maximum atomic E-state index is 6.12. The van der Waals surface area contributed by atoms with Crippen molar-refractivity contribution in [1.29, 1.82) is 0 Å². The molecule has 0 spiro atoms. The lowest BCUT2D eigenvalue weighted by Gasteiger charge is -2.26. The number of fused-ring (bicyclic) bond motifs is 1. The van der Waals surface area contributed by atoms with E-state index in [1.165, 1.54) is 6.33 Å². The maximum Gasteiger partial charge on any atom is 0.144 e. The molecule has 124 valence electrons. The minimum Gasteiger partial charge on any atom is -0.496 e. The number of hydrogen-bond acceptors (Lipinski definition) is 6. The zero-order valence-electron chi connectivity index (χ0n) is 13.1. The smallest absolute Gasteiger partial charge is 0.144 e. The van der Waals surface area contributed by atoms with Crippen molar-refractivity contribution in [1.82, 2.24) is 14.9 Å². The van der Waals surface area contributed by atoms with Crippen LogP contribution in [0.4, 0.5) is 0 Å². The summed E-state index contributed by atoms with van der Waals surface area (Å²) in [7, 11) is 1.60. The van der Waals surface area contributed by atoms with Gasteiger partial charge in [0.2, 0.25) is 0 Å². The number of benzene rings is 1. The zero-order chi connectivity index (χ0) is 16.1. The van der Waals surface area contributed by atoms with Crippen molar-refractivity contribution in [2.75, 3.05) is 46.6 Å². The maximum absolute atomic E-state index is 6.12. The normalized spacial score (nSPS) is 15.7. The molecule has 0 saturated carbocycles. The molecule has 1 saturated heterocycles. The first kappa shape index (κ1) is 16.2. The van der Waals surface area contributed by atoms with Gasteiger partial charge in [0.25, 0.3) is 0 Å². The van der Waals surface area contributed by atoms with E-state index >= 15 is 0 Å². The van der Waals surface area contributed by atoms with Crippen LogP contribution in [-0.4, -0.2) is 61.4 Å². The van der Waals surface area contributed by atoms with Crippen LogP contribution in [0, 0.1) is 0 Å². The molecule has 1 fully saturated rings.